The summed E-state index contributed by atoms with van der Waals surface area (Å²) in [7, 11) is 0. The summed E-state index contributed by atoms with van der Waals surface area (Å²) in [6.07, 6.45) is 1.53. The summed E-state index contributed by atoms with van der Waals surface area (Å²) in [6.45, 7) is 0. The van der Waals surface area contributed by atoms with Crippen LogP contribution in [-0.4, -0.2) is 11.0 Å². The van der Waals surface area contributed by atoms with Gasteiger partial charge in [-0.25, -0.2) is 4.79 Å². The molecular weight excluding hydrogens is 156 g/mol. The third-order valence-corrected chi connectivity index (χ3v) is 1.65. The first-order valence-electron chi connectivity index (χ1n) is 3.39. The van der Waals surface area contributed by atoms with Crippen LogP contribution in [-0.2, 0) is 4.79 Å². The fourth-order valence-electron chi connectivity index (χ4n) is 1.10. The molecule has 1 aromatic heterocycles. The number of nitrogens with zero attached hydrogens (tertiary/aromatic N) is 2. The van der Waals surface area contributed by atoms with Gasteiger partial charge in [-0.2, -0.15) is 5.26 Å². The predicted octanol–water partition coefficient (Wildman–Crippen LogP) is 0.608. The van der Waals surface area contributed by atoms with Crippen molar-refractivity contribution in [3.63, 3.8) is 0 Å². The van der Waals surface area contributed by atoms with Crippen molar-refractivity contribution in [3.05, 3.63) is 24.0 Å². The molecule has 1 unspecified atom stereocenters. The molecule has 0 radical (unpaired) electrons. The van der Waals surface area contributed by atoms with Gasteiger partial charge >= 0.3 is 5.97 Å². The number of pyridine rings is 1. The summed E-state index contributed by atoms with van der Waals surface area (Å²) in [4.78, 5) is 14.9. The summed E-state index contributed by atoms with van der Waals surface area (Å²) in [5.41, 5.74) is 0.421. The second-order valence-corrected chi connectivity index (χ2v) is 2.37. The standard InChI is InChI=1S/C8H4N2O2/c9-4-5-7-6(12-8(5)11)2-1-3-10-7/h1-3,5H. The van der Waals surface area contributed by atoms with E-state index in [-0.39, 0.29) is 0 Å². The van der Waals surface area contributed by atoms with E-state index in [4.69, 9.17) is 10.00 Å². The van der Waals surface area contributed by atoms with Gasteiger partial charge in [0.15, 0.2) is 11.7 Å². The average Bonchev–Trinajstić information content (AvgIpc) is 2.40. The van der Waals surface area contributed by atoms with Crippen LogP contribution in [0.25, 0.3) is 0 Å². The molecule has 4 heteroatoms. The molecule has 0 spiro atoms. The maximum atomic E-state index is 11.0. The fraction of sp³-hybridized carbons (Fsp3) is 0.125. The Hall–Kier alpha value is -1.89. The second-order valence-electron chi connectivity index (χ2n) is 2.37. The van der Waals surface area contributed by atoms with Crippen molar-refractivity contribution in [1.29, 1.82) is 5.26 Å². The van der Waals surface area contributed by atoms with E-state index in [0.29, 0.717) is 11.4 Å². The Labute approximate surface area is 68.4 Å². The average molecular weight is 160 g/mol. The van der Waals surface area contributed by atoms with E-state index in [0.717, 1.165) is 0 Å². The Balaban J connectivity index is 2.56. The number of nitriles is 1. The maximum Gasteiger partial charge on any atom is 0.335 e. The fourth-order valence-corrected chi connectivity index (χ4v) is 1.10. The van der Waals surface area contributed by atoms with Gasteiger partial charge in [-0.3, -0.25) is 4.98 Å². The molecule has 0 saturated carbocycles. The zero-order chi connectivity index (χ0) is 8.55. The third kappa shape index (κ3) is 0.768. The van der Waals surface area contributed by atoms with Crippen molar-refractivity contribution in [2.24, 2.45) is 0 Å². The number of carbonyl (C=O) groups is 1. The van der Waals surface area contributed by atoms with Crippen molar-refractivity contribution in [2.45, 2.75) is 5.92 Å². The number of hydrogen-bond acceptors (Lipinski definition) is 4. The molecule has 1 atom stereocenters. The van der Waals surface area contributed by atoms with Gasteiger partial charge in [0.25, 0.3) is 0 Å². The van der Waals surface area contributed by atoms with Gasteiger partial charge in [0.1, 0.15) is 5.69 Å². The van der Waals surface area contributed by atoms with Gasteiger partial charge in [-0.05, 0) is 12.1 Å². The summed E-state index contributed by atoms with van der Waals surface area (Å²) >= 11 is 0. The van der Waals surface area contributed by atoms with Crippen LogP contribution in [0, 0.1) is 11.3 Å². The molecule has 0 amide bonds. The van der Waals surface area contributed by atoms with Crippen LogP contribution in [0.5, 0.6) is 5.75 Å². The van der Waals surface area contributed by atoms with Crippen LogP contribution >= 0.6 is 0 Å². The highest BCUT2D eigenvalue weighted by Crippen LogP contribution is 2.31. The molecule has 2 heterocycles. The first-order chi connectivity index (χ1) is 5.83. The van der Waals surface area contributed by atoms with Crippen molar-refractivity contribution < 1.29 is 9.53 Å². The van der Waals surface area contributed by atoms with Crippen molar-refractivity contribution in [2.75, 3.05) is 0 Å². The normalized spacial score (nSPS) is 19.6. The van der Waals surface area contributed by atoms with E-state index >= 15 is 0 Å². The molecule has 4 nitrogen and oxygen atoms in total. The highest BCUT2D eigenvalue weighted by Gasteiger charge is 2.34. The Morgan fingerprint density at radius 1 is 1.67 bits per heavy atom. The molecule has 0 fully saturated rings. The quantitative estimate of drug-likeness (QED) is 0.521. The van der Waals surface area contributed by atoms with Crippen LogP contribution in [0.3, 0.4) is 0 Å². The zero-order valence-corrected chi connectivity index (χ0v) is 6.02. The lowest BCUT2D eigenvalue weighted by atomic mass is 10.1. The van der Waals surface area contributed by atoms with Gasteiger partial charge in [-0.15, -0.1) is 0 Å². The highest BCUT2D eigenvalue weighted by molar-refractivity contribution is 5.87. The van der Waals surface area contributed by atoms with Crippen LogP contribution in [0.4, 0.5) is 0 Å². The molecule has 0 bridgehead atoms. The summed E-state index contributed by atoms with van der Waals surface area (Å²) in [5.74, 6) is -0.985. The summed E-state index contributed by atoms with van der Waals surface area (Å²) in [6, 6.07) is 5.11. The number of aromatic nitrogens is 1. The van der Waals surface area contributed by atoms with E-state index in [2.05, 4.69) is 4.98 Å². The summed E-state index contributed by atoms with van der Waals surface area (Å²) in [5, 5.41) is 8.59. The number of hydrogen-bond donors (Lipinski definition) is 0. The Morgan fingerprint density at radius 2 is 2.50 bits per heavy atom. The van der Waals surface area contributed by atoms with Crippen molar-refractivity contribution >= 4 is 5.97 Å². The Kier molecular flexibility index (Phi) is 1.31. The van der Waals surface area contributed by atoms with Crippen molar-refractivity contribution in [3.8, 4) is 11.8 Å². The second kappa shape index (κ2) is 2.31. The molecule has 0 aromatic carbocycles. The molecule has 0 aliphatic carbocycles. The lowest BCUT2D eigenvalue weighted by Gasteiger charge is -1.91. The molecule has 58 valence electrons. The van der Waals surface area contributed by atoms with E-state index in [1.54, 1.807) is 12.1 Å². The van der Waals surface area contributed by atoms with Gasteiger partial charge < -0.3 is 4.74 Å². The van der Waals surface area contributed by atoms with Crippen LogP contribution in [0.2, 0.25) is 0 Å². The Morgan fingerprint density at radius 3 is 3.25 bits per heavy atom. The molecule has 1 aliphatic heterocycles. The first kappa shape index (κ1) is 6.80. The van der Waals surface area contributed by atoms with E-state index < -0.39 is 11.9 Å². The Bertz CT molecular complexity index is 381. The number of carbonyl (C=O) groups excluding carboxylic acids is 1. The van der Waals surface area contributed by atoms with Gasteiger partial charge in [-0.1, -0.05) is 0 Å². The van der Waals surface area contributed by atoms with Crippen LogP contribution in [0.15, 0.2) is 18.3 Å². The molecule has 0 N–H and O–H groups in total. The van der Waals surface area contributed by atoms with Gasteiger partial charge in [0.2, 0.25) is 0 Å². The van der Waals surface area contributed by atoms with Gasteiger partial charge in [0, 0.05) is 6.20 Å². The largest absolute Gasteiger partial charge is 0.423 e. The lowest BCUT2D eigenvalue weighted by molar-refractivity contribution is -0.132. The minimum absolute atomic E-state index is 0.397. The predicted molar refractivity (Wildman–Crippen MR) is 38.2 cm³/mol. The number of esters is 1. The lowest BCUT2D eigenvalue weighted by Crippen LogP contribution is -2.08. The first-order valence-corrected chi connectivity index (χ1v) is 3.39. The smallest absolute Gasteiger partial charge is 0.335 e. The van der Waals surface area contributed by atoms with E-state index in [1.807, 2.05) is 6.07 Å². The van der Waals surface area contributed by atoms with Gasteiger partial charge in [0.05, 0.1) is 6.07 Å². The minimum atomic E-state index is -0.846. The molecule has 2 rings (SSSR count). The van der Waals surface area contributed by atoms with E-state index in [1.165, 1.54) is 6.20 Å². The SMILES string of the molecule is N#CC1C(=O)Oc2cccnc21. The molecule has 1 aromatic rings. The molecule has 12 heavy (non-hydrogen) atoms. The highest BCUT2D eigenvalue weighted by atomic mass is 16.5. The van der Waals surface area contributed by atoms with Crippen LogP contribution in [0.1, 0.15) is 11.6 Å². The summed E-state index contributed by atoms with van der Waals surface area (Å²) < 4.78 is 4.79. The number of ether oxygens (including phenoxy) is 1. The monoisotopic (exact) mass is 160 g/mol. The molecular formula is C8H4N2O2. The molecule has 0 saturated heterocycles. The minimum Gasteiger partial charge on any atom is -0.423 e. The molecule has 1 aliphatic rings. The topological polar surface area (TPSA) is 63.0 Å². The zero-order valence-electron chi connectivity index (χ0n) is 6.02. The number of rotatable bonds is 0. The van der Waals surface area contributed by atoms with E-state index in [9.17, 15) is 4.79 Å². The number of fused-ring (bicyclic) bond motifs is 1. The maximum absolute atomic E-state index is 11.0. The van der Waals surface area contributed by atoms with Crippen molar-refractivity contribution in [1.82, 2.24) is 4.98 Å². The third-order valence-electron chi connectivity index (χ3n) is 1.65. The van der Waals surface area contributed by atoms with Crippen LogP contribution < -0.4 is 4.74 Å².